The Bertz CT molecular complexity index is 1070. The van der Waals surface area contributed by atoms with E-state index in [0.29, 0.717) is 16.2 Å². The van der Waals surface area contributed by atoms with Gasteiger partial charge in [-0.3, -0.25) is 0 Å². The van der Waals surface area contributed by atoms with Crippen LogP contribution in [0.15, 0.2) is 41.6 Å². The Balaban J connectivity index is 1.87. The Morgan fingerprint density at radius 1 is 1.23 bits per heavy atom. The average Bonchev–Trinajstić information content (AvgIpc) is 2.98. The van der Waals surface area contributed by atoms with Crippen molar-refractivity contribution in [3.05, 3.63) is 47.5 Å². The lowest BCUT2D eigenvalue weighted by Gasteiger charge is -2.04. The van der Waals surface area contributed by atoms with E-state index in [1.807, 2.05) is 6.07 Å². The number of anilines is 3. The van der Waals surface area contributed by atoms with Crippen LogP contribution in [0, 0.1) is 11.3 Å². The quantitative estimate of drug-likeness (QED) is 0.614. The van der Waals surface area contributed by atoms with Gasteiger partial charge in [-0.25, -0.2) is 9.97 Å². The van der Waals surface area contributed by atoms with E-state index in [1.165, 1.54) is 0 Å². The lowest BCUT2D eigenvalue weighted by Crippen LogP contribution is -2.17. The zero-order valence-corrected chi connectivity index (χ0v) is 14.6. The molecule has 0 unspecified atom stereocenters. The molecule has 12 heteroatoms. The van der Waals surface area contributed by atoms with Crippen molar-refractivity contribution in [3.63, 3.8) is 0 Å². The molecule has 1 aromatic carbocycles. The van der Waals surface area contributed by atoms with Crippen LogP contribution >= 0.6 is 11.6 Å². The SMILES string of the molecule is N#CCc1ccc(Nc2nc(N)n(S(=O)(=O)c3cnc(Cl)nc3)n2)cc1. The Labute approximate surface area is 153 Å². The number of benzene rings is 1. The van der Waals surface area contributed by atoms with Crippen LogP contribution < -0.4 is 11.1 Å². The minimum Gasteiger partial charge on any atom is -0.367 e. The van der Waals surface area contributed by atoms with Gasteiger partial charge in [-0.2, -0.15) is 18.7 Å². The van der Waals surface area contributed by atoms with Gasteiger partial charge in [0.1, 0.15) is 4.90 Å². The Hall–Kier alpha value is -3.23. The molecular formula is C14H11ClN8O2S. The van der Waals surface area contributed by atoms with Gasteiger partial charge in [-0.15, -0.1) is 9.19 Å². The van der Waals surface area contributed by atoms with Gasteiger partial charge in [0.25, 0.3) is 10.0 Å². The smallest absolute Gasteiger partial charge is 0.289 e. The number of nitriles is 1. The molecule has 3 rings (SSSR count). The fourth-order valence-electron chi connectivity index (χ4n) is 2.00. The first-order valence-corrected chi connectivity index (χ1v) is 8.90. The van der Waals surface area contributed by atoms with E-state index in [2.05, 4.69) is 25.4 Å². The highest BCUT2D eigenvalue weighted by Gasteiger charge is 2.23. The van der Waals surface area contributed by atoms with Crippen molar-refractivity contribution in [3.8, 4) is 6.07 Å². The average molecular weight is 391 g/mol. The molecule has 2 aromatic heterocycles. The molecule has 0 amide bonds. The number of hydrogen-bond acceptors (Lipinski definition) is 9. The summed E-state index contributed by atoms with van der Waals surface area (Å²) in [7, 11) is -4.11. The van der Waals surface area contributed by atoms with E-state index in [9.17, 15) is 8.42 Å². The number of rotatable bonds is 5. The number of nitrogens with two attached hydrogens (primary N) is 1. The molecule has 0 bridgehead atoms. The molecule has 0 aliphatic carbocycles. The molecular weight excluding hydrogens is 380 g/mol. The zero-order valence-electron chi connectivity index (χ0n) is 13.0. The maximum atomic E-state index is 12.5. The minimum atomic E-state index is -4.11. The van der Waals surface area contributed by atoms with Gasteiger partial charge in [-0.05, 0) is 29.3 Å². The van der Waals surface area contributed by atoms with Crippen LogP contribution in [0.3, 0.4) is 0 Å². The molecule has 2 heterocycles. The molecule has 0 radical (unpaired) electrons. The highest BCUT2D eigenvalue weighted by Crippen LogP contribution is 2.19. The lowest BCUT2D eigenvalue weighted by molar-refractivity contribution is 0.580. The number of halogens is 1. The molecule has 0 aliphatic heterocycles. The number of nitrogen functional groups attached to an aromatic ring is 1. The summed E-state index contributed by atoms with van der Waals surface area (Å²) in [6, 6.07) is 8.99. The molecule has 3 aromatic rings. The topological polar surface area (TPSA) is 152 Å². The maximum absolute atomic E-state index is 12.5. The van der Waals surface area contributed by atoms with E-state index < -0.39 is 10.0 Å². The predicted molar refractivity (Wildman–Crippen MR) is 93.1 cm³/mol. The first-order chi connectivity index (χ1) is 12.4. The monoisotopic (exact) mass is 390 g/mol. The summed E-state index contributed by atoms with van der Waals surface area (Å²) in [5.41, 5.74) is 7.14. The van der Waals surface area contributed by atoms with Crippen LogP contribution in [0.2, 0.25) is 5.28 Å². The molecule has 26 heavy (non-hydrogen) atoms. The van der Waals surface area contributed by atoms with Gasteiger partial charge in [0, 0.05) is 5.69 Å². The zero-order chi connectivity index (χ0) is 18.7. The van der Waals surface area contributed by atoms with Crippen molar-refractivity contribution in [2.24, 2.45) is 0 Å². The second-order valence-electron chi connectivity index (χ2n) is 4.99. The predicted octanol–water partition coefficient (Wildman–Crippen LogP) is 1.35. The van der Waals surface area contributed by atoms with E-state index in [0.717, 1.165) is 18.0 Å². The van der Waals surface area contributed by atoms with Crippen molar-refractivity contribution >= 4 is 39.2 Å². The molecule has 132 valence electrons. The van der Waals surface area contributed by atoms with Gasteiger partial charge in [0.2, 0.25) is 17.2 Å². The summed E-state index contributed by atoms with van der Waals surface area (Å²) in [6.45, 7) is 0. The van der Waals surface area contributed by atoms with E-state index in [4.69, 9.17) is 22.6 Å². The van der Waals surface area contributed by atoms with Crippen LogP contribution in [-0.2, 0) is 16.4 Å². The molecule has 0 atom stereocenters. The largest absolute Gasteiger partial charge is 0.367 e. The van der Waals surface area contributed by atoms with E-state index >= 15 is 0 Å². The van der Waals surface area contributed by atoms with Crippen LogP contribution in [0.5, 0.6) is 0 Å². The fraction of sp³-hybridized carbons (Fsp3) is 0.0714. The molecule has 0 saturated heterocycles. The van der Waals surface area contributed by atoms with Crippen LogP contribution in [0.4, 0.5) is 17.6 Å². The number of nitrogens with one attached hydrogen (secondary N) is 1. The van der Waals surface area contributed by atoms with Crippen molar-refractivity contribution < 1.29 is 8.42 Å². The molecule has 0 saturated carbocycles. The second kappa shape index (κ2) is 6.95. The summed E-state index contributed by atoms with van der Waals surface area (Å²) in [5, 5.41) is 15.3. The summed E-state index contributed by atoms with van der Waals surface area (Å²) >= 11 is 5.56. The second-order valence-corrected chi connectivity index (χ2v) is 7.09. The van der Waals surface area contributed by atoms with Gasteiger partial charge in [0.15, 0.2) is 0 Å². The number of nitrogens with zero attached hydrogens (tertiary/aromatic N) is 6. The molecule has 0 spiro atoms. The number of aromatic nitrogens is 5. The van der Waals surface area contributed by atoms with Gasteiger partial charge < -0.3 is 11.1 Å². The minimum absolute atomic E-state index is 0.00556. The highest BCUT2D eigenvalue weighted by molar-refractivity contribution is 7.90. The van der Waals surface area contributed by atoms with E-state index in [-0.39, 0.29) is 22.1 Å². The first kappa shape index (κ1) is 17.6. The number of hydrogen-bond donors (Lipinski definition) is 2. The maximum Gasteiger partial charge on any atom is 0.289 e. The molecule has 10 nitrogen and oxygen atoms in total. The van der Waals surface area contributed by atoms with Crippen molar-refractivity contribution in [1.82, 2.24) is 24.1 Å². The summed E-state index contributed by atoms with van der Waals surface area (Å²) in [6.07, 6.45) is 2.39. The summed E-state index contributed by atoms with van der Waals surface area (Å²) in [4.78, 5) is 10.9. The van der Waals surface area contributed by atoms with Crippen molar-refractivity contribution in [2.45, 2.75) is 11.3 Å². The van der Waals surface area contributed by atoms with Gasteiger partial charge in [0.05, 0.1) is 24.9 Å². The Morgan fingerprint density at radius 3 is 2.50 bits per heavy atom. The van der Waals surface area contributed by atoms with Gasteiger partial charge >= 0.3 is 0 Å². The third-order valence-electron chi connectivity index (χ3n) is 3.22. The summed E-state index contributed by atoms with van der Waals surface area (Å²) in [5.74, 6) is -0.336. The van der Waals surface area contributed by atoms with Crippen LogP contribution in [0.25, 0.3) is 0 Å². The third kappa shape index (κ3) is 3.56. The summed E-state index contributed by atoms with van der Waals surface area (Å²) < 4.78 is 25.7. The first-order valence-electron chi connectivity index (χ1n) is 7.09. The van der Waals surface area contributed by atoms with Crippen LogP contribution in [0.1, 0.15) is 5.56 Å². The van der Waals surface area contributed by atoms with Crippen molar-refractivity contribution in [2.75, 3.05) is 11.1 Å². The highest BCUT2D eigenvalue weighted by atomic mass is 35.5. The third-order valence-corrected chi connectivity index (χ3v) is 4.94. The van der Waals surface area contributed by atoms with Gasteiger partial charge in [-0.1, -0.05) is 12.1 Å². The fourth-order valence-corrected chi connectivity index (χ4v) is 3.14. The standard InChI is InChI=1S/C14H11ClN8O2S/c15-12-18-7-11(8-19-12)26(24,25)23-13(17)21-14(22-23)20-10-3-1-9(2-4-10)5-6-16/h1-4,7-8H,5H2,(H3,17,20,21,22). The Kier molecular flexibility index (Phi) is 4.70. The molecule has 3 N–H and O–H groups in total. The van der Waals surface area contributed by atoms with Crippen molar-refractivity contribution in [1.29, 1.82) is 5.26 Å². The Morgan fingerprint density at radius 2 is 1.88 bits per heavy atom. The lowest BCUT2D eigenvalue weighted by atomic mass is 10.1. The molecule has 0 fully saturated rings. The van der Waals surface area contributed by atoms with Crippen LogP contribution in [-0.4, -0.2) is 32.6 Å². The van der Waals surface area contributed by atoms with E-state index in [1.54, 1.807) is 24.3 Å². The normalized spacial score (nSPS) is 11.1. The molecule has 0 aliphatic rings.